The molecule has 7 rings (SSSR count). The Balaban J connectivity index is 0.00000400. The maximum Gasteiger partial charge on any atom is 0.227 e. The summed E-state index contributed by atoms with van der Waals surface area (Å²) in [6.07, 6.45) is 5.82. The highest BCUT2D eigenvalue weighted by Gasteiger charge is 2.50. The van der Waals surface area contributed by atoms with Crippen LogP contribution in [0.3, 0.4) is 0 Å². The smallest absolute Gasteiger partial charge is 0.227 e. The van der Waals surface area contributed by atoms with E-state index in [4.69, 9.17) is 32.7 Å². The summed E-state index contributed by atoms with van der Waals surface area (Å²) >= 11 is 12.9. The number of nitrogens with zero attached hydrogens (tertiary/aromatic N) is 2. The van der Waals surface area contributed by atoms with Crippen molar-refractivity contribution >= 4 is 29.1 Å². The van der Waals surface area contributed by atoms with E-state index in [0.29, 0.717) is 35.0 Å². The van der Waals surface area contributed by atoms with Crippen molar-refractivity contribution < 1.29 is 31.2 Å². The summed E-state index contributed by atoms with van der Waals surface area (Å²) in [5.41, 5.74) is 3.18. The molecule has 0 radical (unpaired) electrons. The molecule has 4 fully saturated rings. The number of carbonyl (C=O) groups is 1. The minimum atomic E-state index is -0.623. The van der Waals surface area contributed by atoms with E-state index in [2.05, 4.69) is 30.3 Å². The predicted octanol–water partition coefficient (Wildman–Crippen LogP) is 4.81. The van der Waals surface area contributed by atoms with Crippen LogP contribution in [-0.2, 0) is 27.0 Å². The van der Waals surface area contributed by atoms with Crippen molar-refractivity contribution in [1.82, 2.24) is 4.90 Å². The fourth-order valence-electron chi connectivity index (χ4n) is 7.80. The number of carbonyl (C=O) groups excluding carboxylic acids is 1. The van der Waals surface area contributed by atoms with E-state index in [-0.39, 0.29) is 24.4 Å². The van der Waals surface area contributed by atoms with Crippen LogP contribution in [-0.4, -0.2) is 67.3 Å². The van der Waals surface area contributed by atoms with Gasteiger partial charge in [-0.3, -0.25) is 4.79 Å². The van der Waals surface area contributed by atoms with Gasteiger partial charge in [-0.25, -0.2) is 0 Å². The second-order valence-electron chi connectivity index (χ2n) is 13.5. The number of halogens is 3. The molecule has 4 aliphatic rings. The van der Waals surface area contributed by atoms with E-state index in [0.717, 1.165) is 47.3 Å². The van der Waals surface area contributed by atoms with E-state index in [1.807, 2.05) is 61.2 Å². The zero-order chi connectivity index (χ0) is 30.8. The van der Waals surface area contributed by atoms with Crippen molar-refractivity contribution in [1.29, 1.82) is 0 Å². The molecule has 3 aromatic carbocycles. The highest BCUT2D eigenvalue weighted by Crippen LogP contribution is 2.46. The Bertz CT molecular complexity index is 1440. The van der Waals surface area contributed by atoms with Crippen molar-refractivity contribution in [2.24, 2.45) is 0 Å². The van der Waals surface area contributed by atoms with Gasteiger partial charge in [0.15, 0.2) is 0 Å². The van der Waals surface area contributed by atoms with Gasteiger partial charge < -0.3 is 31.3 Å². The van der Waals surface area contributed by atoms with Gasteiger partial charge in [-0.15, -0.1) is 0 Å². The van der Waals surface area contributed by atoms with Crippen molar-refractivity contribution in [3.63, 3.8) is 0 Å². The topological polar surface area (TPSA) is 38.8 Å². The van der Waals surface area contributed by atoms with Crippen molar-refractivity contribution in [3.05, 3.63) is 99.5 Å². The molecular weight excluding hydrogens is 627 g/mol. The number of quaternary nitrogens is 1. The molecule has 1 amide bonds. The normalized spacial score (nSPS) is 26.0. The Morgan fingerprint density at radius 3 is 2.31 bits per heavy atom. The first-order valence-electron chi connectivity index (χ1n) is 16.2. The fourth-order valence-corrected chi connectivity index (χ4v) is 8.10. The lowest BCUT2D eigenvalue weighted by Crippen LogP contribution is -3.00. The van der Waals surface area contributed by atoms with Crippen LogP contribution in [0.1, 0.15) is 62.6 Å². The van der Waals surface area contributed by atoms with E-state index < -0.39 is 5.60 Å². The maximum atomic E-state index is 13.7. The van der Waals surface area contributed by atoms with E-state index in [1.165, 1.54) is 44.5 Å². The zero-order valence-corrected chi connectivity index (χ0v) is 28.7. The van der Waals surface area contributed by atoms with Gasteiger partial charge in [-0.05, 0) is 67.6 Å². The Labute approximate surface area is 284 Å². The second kappa shape index (κ2) is 14.2. The number of amides is 1. The lowest BCUT2D eigenvalue weighted by molar-refractivity contribution is -0.943. The summed E-state index contributed by atoms with van der Waals surface area (Å²) in [5, 5.41) is 1.04. The molecule has 3 aromatic rings. The molecule has 0 aliphatic carbocycles. The van der Waals surface area contributed by atoms with Crippen LogP contribution < -0.4 is 17.1 Å². The number of fused-ring (bicyclic) bond motifs is 3. The molecule has 8 heteroatoms. The average Bonchev–Trinajstić information content (AvgIpc) is 3.03. The minimum absolute atomic E-state index is 0. The van der Waals surface area contributed by atoms with Gasteiger partial charge in [-0.1, -0.05) is 71.7 Å². The third kappa shape index (κ3) is 7.49. The first-order chi connectivity index (χ1) is 21.2. The van der Waals surface area contributed by atoms with Gasteiger partial charge in [0.2, 0.25) is 5.91 Å². The highest BCUT2D eigenvalue weighted by atomic mass is 35.5. The van der Waals surface area contributed by atoms with Gasteiger partial charge in [0.05, 0.1) is 55.4 Å². The van der Waals surface area contributed by atoms with Crippen LogP contribution in [0.15, 0.2) is 72.8 Å². The van der Waals surface area contributed by atoms with Crippen LogP contribution >= 0.6 is 23.2 Å². The SMILES string of the molecule is CC(C)Oc1cccc(CC(=O)N2CCCC(OCC[N+]34CCC(c5ccccc5)(CC3)CC4)(c3ccc(Cl)c(Cl)c3)C2)c1.[Cl-]. The summed E-state index contributed by atoms with van der Waals surface area (Å²) in [5.74, 6) is 0.895. The molecule has 0 aromatic heterocycles. The van der Waals surface area contributed by atoms with E-state index in [1.54, 1.807) is 0 Å². The quantitative estimate of drug-likeness (QED) is 0.291. The third-order valence-corrected chi connectivity index (χ3v) is 11.1. The molecule has 2 bridgehead atoms. The van der Waals surface area contributed by atoms with Crippen LogP contribution in [0.25, 0.3) is 0 Å². The molecular formula is C37H45Cl3N2O3. The standard InChI is InChI=1S/C37H45Cl2N2O3.ClH/c1-28(2)44-32-11-6-8-29(24-32)25-35(42)40-18-7-14-37(27-40,31-12-13-33(38)34(39)26-31)43-23-22-41-19-15-36(16-20-41,17-21-41)30-9-4-3-5-10-30;/h3-6,8-13,24,26,28H,7,14-23,25,27H2,1-2H3;1H/q+1;/p-1. The minimum Gasteiger partial charge on any atom is -1.00 e. The van der Waals surface area contributed by atoms with Gasteiger partial charge in [0, 0.05) is 31.2 Å². The number of hydrogen-bond donors (Lipinski definition) is 0. The number of likely N-dealkylation sites (tertiary alicyclic amines) is 1. The second-order valence-corrected chi connectivity index (χ2v) is 14.3. The van der Waals surface area contributed by atoms with Crippen LogP contribution in [0, 0.1) is 0 Å². The molecule has 5 nitrogen and oxygen atoms in total. The summed E-state index contributed by atoms with van der Waals surface area (Å²) in [6, 6.07) is 24.8. The highest BCUT2D eigenvalue weighted by molar-refractivity contribution is 6.42. The Morgan fingerprint density at radius 2 is 1.62 bits per heavy atom. The monoisotopic (exact) mass is 670 g/mol. The molecule has 242 valence electrons. The molecule has 0 saturated carbocycles. The lowest BCUT2D eigenvalue weighted by atomic mass is 9.66. The van der Waals surface area contributed by atoms with Gasteiger partial charge in [-0.2, -0.15) is 0 Å². The van der Waals surface area contributed by atoms with Crippen LogP contribution in [0.5, 0.6) is 5.75 Å². The van der Waals surface area contributed by atoms with Gasteiger partial charge in [0.1, 0.15) is 17.9 Å². The summed E-state index contributed by atoms with van der Waals surface area (Å²) < 4.78 is 14.0. The Hall–Kier alpha value is -2.28. The van der Waals surface area contributed by atoms with Crippen molar-refractivity contribution in [2.45, 2.75) is 69.5 Å². The largest absolute Gasteiger partial charge is 1.00 e. The van der Waals surface area contributed by atoms with E-state index in [9.17, 15) is 4.79 Å². The molecule has 0 spiro atoms. The molecule has 4 heterocycles. The molecule has 1 atom stereocenters. The Kier molecular flexibility index (Phi) is 10.8. The number of rotatable bonds is 10. The molecule has 0 N–H and O–H groups in total. The molecule has 4 aliphatic heterocycles. The fraction of sp³-hybridized carbons (Fsp3) is 0.486. The number of hydrogen-bond acceptors (Lipinski definition) is 3. The first-order valence-corrected chi connectivity index (χ1v) is 17.0. The Morgan fingerprint density at radius 1 is 0.889 bits per heavy atom. The van der Waals surface area contributed by atoms with Crippen LogP contribution in [0.2, 0.25) is 10.0 Å². The maximum absolute atomic E-state index is 13.7. The average molecular weight is 672 g/mol. The summed E-state index contributed by atoms with van der Waals surface area (Å²) in [4.78, 5) is 15.7. The molecule has 1 unspecified atom stereocenters. The van der Waals surface area contributed by atoms with Crippen molar-refractivity contribution in [3.8, 4) is 5.75 Å². The van der Waals surface area contributed by atoms with Crippen molar-refractivity contribution in [2.75, 3.05) is 45.9 Å². The molecule has 4 saturated heterocycles. The predicted molar refractivity (Wildman–Crippen MR) is 178 cm³/mol. The van der Waals surface area contributed by atoms with Gasteiger partial charge in [0.25, 0.3) is 0 Å². The summed E-state index contributed by atoms with van der Waals surface area (Å²) in [7, 11) is 0. The number of ether oxygens (including phenoxy) is 2. The first kappa shape index (κ1) is 34.1. The number of piperidine rings is 4. The number of benzene rings is 3. The lowest BCUT2D eigenvalue weighted by Gasteiger charge is -2.55. The van der Waals surface area contributed by atoms with Gasteiger partial charge >= 0.3 is 0 Å². The zero-order valence-electron chi connectivity index (χ0n) is 26.5. The third-order valence-electron chi connectivity index (χ3n) is 10.4. The summed E-state index contributed by atoms with van der Waals surface area (Å²) in [6.45, 7) is 10.5. The van der Waals surface area contributed by atoms with Crippen LogP contribution in [0.4, 0.5) is 0 Å². The molecule has 45 heavy (non-hydrogen) atoms. The van der Waals surface area contributed by atoms with E-state index >= 15 is 0 Å².